The summed E-state index contributed by atoms with van der Waals surface area (Å²) >= 11 is 0. The molecule has 1 saturated heterocycles. The molecule has 0 unspecified atom stereocenters. The van der Waals surface area contributed by atoms with Crippen LogP contribution in [0.2, 0.25) is 0 Å². The van der Waals surface area contributed by atoms with Gasteiger partial charge in [0.1, 0.15) is 0 Å². The lowest BCUT2D eigenvalue weighted by Gasteiger charge is -2.31. The van der Waals surface area contributed by atoms with Crippen molar-refractivity contribution in [1.82, 2.24) is 20.0 Å². The van der Waals surface area contributed by atoms with E-state index in [-0.39, 0.29) is 12.1 Å². The number of nitrogens with zero attached hydrogens (tertiary/aromatic N) is 4. The third-order valence-corrected chi connectivity index (χ3v) is 4.70. The largest absolute Gasteiger partial charge is 0.450 e. The maximum Gasteiger partial charge on any atom is 0.409 e. The van der Waals surface area contributed by atoms with E-state index in [1.165, 1.54) is 5.56 Å². The van der Waals surface area contributed by atoms with E-state index in [4.69, 9.17) is 10.5 Å². The summed E-state index contributed by atoms with van der Waals surface area (Å²) in [5, 5.41) is 7.50. The number of hydrogen-bond donors (Lipinski definition) is 2. The van der Waals surface area contributed by atoms with E-state index in [1.807, 2.05) is 36.0 Å². The number of rotatable bonds is 6. The standard InChI is InChI=1S/C20H28N6O2/c1-2-28-20(27)25-11-7-18(8-12-25)24-19(21)22-14-16-5-3-6-17(13-16)15-26-10-4-9-23-26/h3-6,9-10,13,18H,2,7-8,11-12,14-15H2,1H3,(H3,21,22,24). The number of aliphatic imine (C=N–C) groups is 1. The van der Waals surface area contributed by atoms with Crippen molar-refractivity contribution in [3.63, 3.8) is 0 Å². The molecule has 0 aliphatic carbocycles. The van der Waals surface area contributed by atoms with Gasteiger partial charge in [-0.1, -0.05) is 24.3 Å². The Morgan fingerprint density at radius 1 is 1.32 bits per heavy atom. The fourth-order valence-electron chi connectivity index (χ4n) is 3.26. The minimum Gasteiger partial charge on any atom is -0.450 e. The zero-order chi connectivity index (χ0) is 19.8. The highest BCUT2D eigenvalue weighted by atomic mass is 16.6. The van der Waals surface area contributed by atoms with Crippen LogP contribution in [0.25, 0.3) is 0 Å². The number of nitrogens with two attached hydrogens (primary N) is 1. The molecule has 0 atom stereocenters. The van der Waals surface area contributed by atoms with Crippen LogP contribution in [0.4, 0.5) is 4.79 Å². The molecule has 3 rings (SSSR count). The van der Waals surface area contributed by atoms with Gasteiger partial charge >= 0.3 is 6.09 Å². The van der Waals surface area contributed by atoms with Gasteiger partial charge in [-0.15, -0.1) is 0 Å². The summed E-state index contributed by atoms with van der Waals surface area (Å²) in [6, 6.07) is 10.4. The van der Waals surface area contributed by atoms with Gasteiger partial charge in [0.2, 0.25) is 0 Å². The van der Waals surface area contributed by atoms with Crippen molar-refractivity contribution in [2.24, 2.45) is 10.7 Å². The van der Waals surface area contributed by atoms with E-state index in [0.29, 0.717) is 32.2 Å². The van der Waals surface area contributed by atoms with Gasteiger partial charge in [0.25, 0.3) is 0 Å². The number of carbonyl (C=O) groups is 1. The monoisotopic (exact) mass is 384 g/mol. The van der Waals surface area contributed by atoms with Gasteiger partial charge in [0, 0.05) is 31.5 Å². The molecule has 1 aliphatic heterocycles. The number of piperidine rings is 1. The molecule has 1 aromatic heterocycles. The number of nitrogens with one attached hydrogen (secondary N) is 1. The second kappa shape index (κ2) is 9.77. The molecule has 3 N–H and O–H groups in total. The Balaban J connectivity index is 1.46. The summed E-state index contributed by atoms with van der Waals surface area (Å²) in [5.41, 5.74) is 8.34. The molecule has 0 saturated carbocycles. The van der Waals surface area contributed by atoms with Crippen LogP contribution in [0.5, 0.6) is 0 Å². The van der Waals surface area contributed by atoms with Crippen molar-refractivity contribution < 1.29 is 9.53 Å². The van der Waals surface area contributed by atoms with Crippen molar-refractivity contribution in [3.8, 4) is 0 Å². The average Bonchev–Trinajstić information content (AvgIpc) is 3.20. The van der Waals surface area contributed by atoms with Gasteiger partial charge in [-0.3, -0.25) is 4.68 Å². The summed E-state index contributed by atoms with van der Waals surface area (Å²) in [7, 11) is 0. The molecular weight excluding hydrogens is 356 g/mol. The first-order valence-corrected chi connectivity index (χ1v) is 9.67. The maximum absolute atomic E-state index is 11.7. The molecule has 2 aromatic rings. The highest BCUT2D eigenvalue weighted by molar-refractivity contribution is 5.78. The summed E-state index contributed by atoms with van der Waals surface area (Å²) in [4.78, 5) is 17.9. The van der Waals surface area contributed by atoms with Crippen LogP contribution in [-0.4, -0.2) is 52.5 Å². The van der Waals surface area contributed by atoms with Gasteiger partial charge < -0.3 is 20.7 Å². The number of hydrogen-bond acceptors (Lipinski definition) is 4. The lowest BCUT2D eigenvalue weighted by atomic mass is 10.1. The molecule has 1 amide bonds. The Morgan fingerprint density at radius 3 is 2.82 bits per heavy atom. The van der Waals surface area contributed by atoms with Crippen molar-refractivity contribution in [2.45, 2.75) is 38.9 Å². The Hall–Kier alpha value is -3.03. The van der Waals surface area contributed by atoms with Gasteiger partial charge in [0.05, 0.1) is 19.7 Å². The van der Waals surface area contributed by atoms with Crippen LogP contribution in [0.15, 0.2) is 47.7 Å². The van der Waals surface area contributed by atoms with Gasteiger partial charge in [-0.2, -0.15) is 5.10 Å². The molecular formula is C20H28N6O2. The van der Waals surface area contributed by atoms with Crippen molar-refractivity contribution in [3.05, 3.63) is 53.9 Å². The first-order valence-electron chi connectivity index (χ1n) is 9.67. The molecule has 8 heteroatoms. The maximum atomic E-state index is 11.7. The number of carbonyl (C=O) groups excluding carboxylic acids is 1. The van der Waals surface area contributed by atoms with Crippen molar-refractivity contribution in [1.29, 1.82) is 0 Å². The highest BCUT2D eigenvalue weighted by Crippen LogP contribution is 2.12. The fraction of sp³-hybridized carbons (Fsp3) is 0.450. The predicted octanol–water partition coefficient (Wildman–Crippen LogP) is 1.96. The van der Waals surface area contributed by atoms with Crippen molar-refractivity contribution >= 4 is 12.1 Å². The Labute approximate surface area is 165 Å². The van der Waals surface area contributed by atoms with Gasteiger partial charge in [-0.05, 0) is 37.0 Å². The smallest absolute Gasteiger partial charge is 0.409 e. The van der Waals surface area contributed by atoms with E-state index in [0.717, 1.165) is 24.9 Å². The molecule has 0 radical (unpaired) electrons. The molecule has 1 aromatic carbocycles. The Bertz CT molecular complexity index is 782. The van der Waals surface area contributed by atoms with Crippen LogP contribution in [-0.2, 0) is 17.8 Å². The number of likely N-dealkylation sites (tertiary alicyclic amines) is 1. The third-order valence-electron chi connectivity index (χ3n) is 4.70. The number of benzene rings is 1. The summed E-state index contributed by atoms with van der Waals surface area (Å²) in [5.74, 6) is 0.437. The second-order valence-corrected chi connectivity index (χ2v) is 6.83. The van der Waals surface area contributed by atoms with E-state index < -0.39 is 0 Å². The molecule has 28 heavy (non-hydrogen) atoms. The van der Waals surface area contributed by atoms with Crippen molar-refractivity contribution in [2.75, 3.05) is 19.7 Å². The number of ether oxygens (including phenoxy) is 1. The first-order chi connectivity index (χ1) is 13.6. The van der Waals surface area contributed by atoms with Crippen LogP contribution in [0, 0.1) is 0 Å². The number of amides is 1. The van der Waals surface area contributed by atoms with Gasteiger partial charge in [-0.25, -0.2) is 9.79 Å². The summed E-state index contributed by atoms with van der Waals surface area (Å²) in [6.07, 6.45) is 5.14. The minimum atomic E-state index is -0.238. The first kappa shape index (κ1) is 19.7. The van der Waals surface area contributed by atoms with E-state index in [2.05, 4.69) is 27.5 Å². The fourth-order valence-corrected chi connectivity index (χ4v) is 3.26. The zero-order valence-corrected chi connectivity index (χ0v) is 16.3. The molecule has 0 spiro atoms. The minimum absolute atomic E-state index is 0.223. The van der Waals surface area contributed by atoms with Gasteiger partial charge in [0.15, 0.2) is 5.96 Å². The topological polar surface area (TPSA) is 97.8 Å². The Morgan fingerprint density at radius 2 is 2.11 bits per heavy atom. The van der Waals surface area contributed by atoms with E-state index in [9.17, 15) is 4.79 Å². The normalized spacial score (nSPS) is 15.5. The lowest BCUT2D eigenvalue weighted by Crippen LogP contribution is -2.48. The lowest BCUT2D eigenvalue weighted by molar-refractivity contribution is 0.0963. The SMILES string of the molecule is CCOC(=O)N1CCC(NC(N)=NCc2cccc(Cn3cccn3)c2)CC1. The Kier molecular flexibility index (Phi) is 6.89. The van der Waals surface area contributed by atoms with Crippen LogP contribution in [0.3, 0.4) is 0 Å². The van der Waals surface area contributed by atoms with Crippen LogP contribution in [0.1, 0.15) is 30.9 Å². The average molecular weight is 384 g/mol. The molecule has 1 aliphatic rings. The zero-order valence-electron chi connectivity index (χ0n) is 16.3. The predicted molar refractivity (Wildman–Crippen MR) is 108 cm³/mol. The molecule has 1 fully saturated rings. The molecule has 8 nitrogen and oxygen atoms in total. The summed E-state index contributed by atoms with van der Waals surface area (Å²) in [6.45, 7) is 4.81. The molecule has 0 bridgehead atoms. The second-order valence-electron chi connectivity index (χ2n) is 6.83. The molecule has 150 valence electrons. The third kappa shape index (κ3) is 5.73. The van der Waals surface area contributed by atoms with Crippen LogP contribution >= 0.6 is 0 Å². The van der Waals surface area contributed by atoms with E-state index in [1.54, 1.807) is 11.1 Å². The number of guanidine groups is 1. The highest BCUT2D eigenvalue weighted by Gasteiger charge is 2.23. The quantitative estimate of drug-likeness (QED) is 0.586. The van der Waals surface area contributed by atoms with Crippen LogP contribution < -0.4 is 11.1 Å². The number of aromatic nitrogens is 2. The van der Waals surface area contributed by atoms with E-state index >= 15 is 0 Å². The molecule has 2 heterocycles. The summed E-state index contributed by atoms with van der Waals surface area (Å²) < 4.78 is 6.93.